The summed E-state index contributed by atoms with van der Waals surface area (Å²) in [6, 6.07) is 10.1. The second kappa shape index (κ2) is 4.53. The third-order valence-electron chi connectivity index (χ3n) is 3.10. The van der Waals surface area contributed by atoms with Gasteiger partial charge in [0.15, 0.2) is 0 Å². The van der Waals surface area contributed by atoms with Crippen molar-refractivity contribution in [2.24, 2.45) is 0 Å². The molecule has 1 N–H and O–H groups in total. The van der Waals surface area contributed by atoms with Gasteiger partial charge in [0.1, 0.15) is 5.82 Å². The van der Waals surface area contributed by atoms with Crippen molar-refractivity contribution in [3.05, 3.63) is 58.0 Å². The third-order valence-corrected chi connectivity index (χ3v) is 4.11. The van der Waals surface area contributed by atoms with Crippen LogP contribution in [0.3, 0.4) is 0 Å². The van der Waals surface area contributed by atoms with Gasteiger partial charge in [-0.05, 0) is 36.1 Å². The standard InChI is InChI=1S/C14H12FNOS/c15-10-4-1-3-9(7-10)14(17)16-12-8-11(12)13-5-2-6-18-13/h1-7,11-12H,8H2,(H,16,17). The molecule has 1 aromatic carbocycles. The van der Waals surface area contributed by atoms with Crippen LogP contribution < -0.4 is 5.32 Å². The van der Waals surface area contributed by atoms with Crippen molar-refractivity contribution in [2.45, 2.75) is 18.4 Å². The topological polar surface area (TPSA) is 29.1 Å². The number of benzene rings is 1. The largest absolute Gasteiger partial charge is 0.349 e. The van der Waals surface area contributed by atoms with Crippen LogP contribution >= 0.6 is 11.3 Å². The lowest BCUT2D eigenvalue weighted by Gasteiger charge is -2.04. The van der Waals surface area contributed by atoms with Crippen LogP contribution in [0.4, 0.5) is 4.39 Å². The Morgan fingerprint density at radius 2 is 2.22 bits per heavy atom. The molecule has 18 heavy (non-hydrogen) atoms. The number of rotatable bonds is 3. The van der Waals surface area contributed by atoms with Gasteiger partial charge < -0.3 is 5.32 Å². The van der Waals surface area contributed by atoms with Crippen molar-refractivity contribution in [2.75, 3.05) is 0 Å². The Kier molecular flexibility index (Phi) is 2.88. The minimum Gasteiger partial charge on any atom is -0.349 e. The molecular weight excluding hydrogens is 249 g/mol. The highest BCUT2D eigenvalue weighted by molar-refractivity contribution is 7.10. The predicted octanol–water partition coefficient (Wildman–Crippen LogP) is 3.17. The lowest BCUT2D eigenvalue weighted by atomic mass is 10.2. The molecule has 0 spiro atoms. The first-order valence-electron chi connectivity index (χ1n) is 5.84. The zero-order chi connectivity index (χ0) is 12.5. The summed E-state index contributed by atoms with van der Waals surface area (Å²) in [7, 11) is 0. The normalized spacial score (nSPS) is 21.6. The van der Waals surface area contributed by atoms with E-state index in [9.17, 15) is 9.18 Å². The SMILES string of the molecule is O=C(NC1CC1c1cccs1)c1cccc(F)c1. The van der Waals surface area contributed by atoms with Crippen molar-refractivity contribution in [3.63, 3.8) is 0 Å². The second-order valence-corrected chi connectivity index (χ2v) is 5.43. The summed E-state index contributed by atoms with van der Waals surface area (Å²) in [6.07, 6.45) is 0.974. The number of hydrogen-bond donors (Lipinski definition) is 1. The molecule has 3 rings (SSSR count). The summed E-state index contributed by atoms with van der Waals surface area (Å²) >= 11 is 1.71. The minimum absolute atomic E-state index is 0.194. The fraction of sp³-hybridized carbons (Fsp3) is 0.214. The highest BCUT2D eigenvalue weighted by atomic mass is 32.1. The Bertz CT molecular complexity index is 567. The van der Waals surface area contributed by atoms with E-state index in [-0.39, 0.29) is 17.8 Å². The van der Waals surface area contributed by atoms with E-state index in [0.29, 0.717) is 11.5 Å². The minimum atomic E-state index is -0.381. The molecule has 2 aromatic rings. The molecule has 1 aliphatic rings. The van der Waals surface area contributed by atoms with Gasteiger partial charge in [-0.1, -0.05) is 12.1 Å². The fourth-order valence-corrected chi connectivity index (χ4v) is 2.96. The van der Waals surface area contributed by atoms with E-state index in [2.05, 4.69) is 11.4 Å². The average Bonchev–Trinajstić information content (AvgIpc) is 2.91. The van der Waals surface area contributed by atoms with Crippen LogP contribution in [0.15, 0.2) is 41.8 Å². The lowest BCUT2D eigenvalue weighted by molar-refractivity contribution is 0.0950. The number of amides is 1. The van der Waals surface area contributed by atoms with Gasteiger partial charge in [-0.15, -0.1) is 11.3 Å². The van der Waals surface area contributed by atoms with Crippen LogP contribution in [0.5, 0.6) is 0 Å². The predicted molar refractivity (Wildman–Crippen MR) is 69.3 cm³/mol. The molecule has 92 valence electrons. The molecule has 1 heterocycles. The zero-order valence-electron chi connectivity index (χ0n) is 9.60. The average molecular weight is 261 g/mol. The number of carbonyl (C=O) groups is 1. The summed E-state index contributed by atoms with van der Waals surface area (Å²) in [6.45, 7) is 0. The number of nitrogens with one attached hydrogen (secondary N) is 1. The number of halogens is 1. The van der Waals surface area contributed by atoms with Crippen molar-refractivity contribution in [1.82, 2.24) is 5.32 Å². The van der Waals surface area contributed by atoms with E-state index in [4.69, 9.17) is 0 Å². The quantitative estimate of drug-likeness (QED) is 0.903. The number of hydrogen-bond acceptors (Lipinski definition) is 2. The smallest absolute Gasteiger partial charge is 0.251 e. The summed E-state index contributed by atoms with van der Waals surface area (Å²) in [5, 5.41) is 4.98. The second-order valence-electron chi connectivity index (χ2n) is 4.45. The molecule has 0 aliphatic heterocycles. The van der Waals surface area contributed by atoms with Crippen molar-refractivity contribution >= 4 is 17.2 Å². The van der Waals surface area contributed by atoms with Crippen LogP contribution in [-0.2, 0) is 0 Å². The zero-order valence-corrected chi connectivity index (χ0v) is 10.4. The third kappa shape index (κ3) is 2.29. The Balaban J connectivity index is 1.63. The van der Waals surface area contributed by atoms with E-state index in [1.54, 1.807) is 23.5 Å². The summed E-state index contributed by atoms with van der Waals surface area (Å²) in [5.74, 6) is -0.144. The Labute approximate surface area is 108 Å². The van der Waals surface area contributed by atoms with Crippen LogP contribution in [0.2, 0.25) is 0 Å². The van der Waals surface area contributed by atoms with Crippen LogP contribution in [0.1, 0.15) is 27.6 Å². The fourth-order valence-electron chi connectivity index (χ4n) is 2.05. The molecule has 4 heteroatoms. The first kappa shape index (κ1) is 11.4. The Morgan fingerprint density at radius 3 is 2.94 bits per heavy atom. The maximum Gasteiger partial charge on any atom is 0.251 e. The van der Waals surface area contributed by atoms with Crippen LogP contribution in [0, 0.1) is 5.82 Å². The maximum absolute atomic E-state index is 13.0. The van der Waals surface area contributed by atoms with Gasteiger partial charge in [0.05, 0.1) is 0 Å². The molecule has 1 amide bonds. The first-order chi connectivity index (χ1) is 8.74. The van der Waals surface area contributed by atoms with Gasteiger partial charge in [0.25, 0.3) is 5.91 Å². The van der Waals surface area contributed by atoms with Crippen LogP contribution in [-0.4, -0.2) is 11.9 Å². The van der Waals surface area contributed by atoms with Gasteiger partial charge in [-0.25, -0.2) is 4.39 Å². The summed E-state index contributed by atoms with van der Waals surface area (Å²) < 4.78 is 13.0. The molecule has 0 radical (unpaired) electrons. The van der Waals surface area contributed by atoms with E-state index in [0.717, 1.165) is 6.42 Å². The van der Waals surface area contributed by atoms with Crippen molar-refractivity contribution in [1.29, 1.82) is 0 Å². The van der Waals surface area contributed by atoms with Crippen molar-refractivity contribution in [3.8, 4) is 0 Å². The molecule has 1 saturated carbocycles. The Morgan fingerprint density at radius 1 is 1.33 bits per heavy atom. The summed E-state index contributed by atoms with van der Waals surface area (Å²) in [5.41, 5.74) is 0.381. The van der Waals surface area contributed by atoms with Gasteiger partial charge >= 0.3 is 0 Å². The molecule has 1 aliphatic carbocycles. The van der Waals surface area contributed by atoms with E-state index in [1.807, 2.05) is 11.4 Å². The lowest BCUT2D eigenvalue weighted by Crippen LogP contribution is -2.26. The van der Waals surface area contributed by atoms with E-state index < -0.39 is 0 Å². The molecular formula is C14H12FNOS. The first-order valence-corrected chi connectivity index (χ1v) is 6.72. The van der Waals surface area contributed by atoms with E-state index >= 15 is 0 Å². The van der Waals surface area contributed by atoms with Gasteiger partial charge in [-0.3, -0.25) is 4.79 Å². The van der Waals surface area contributed by atoms with E-state index in [1.165, 1.54) is 17.0 Å². The van der Waals surface area contributed by atoms with Crippen LogP contribution in [0.25, 0.3) is 0 Å². The molecule has 1 aromatic heterocycles. The number of thiophene rings is 1. The summed E-state index contributed by atoms with van der Waals surface area (Å²) in [4.78, 5) is 13.2. The van der Waals surface area contributed by atoms with Gasteiger partial charge in [0, 0.05) is 22.4 Å². The van der Waals surface area contributed by atoms with Gasteiger partial charge in [-0.2, -0.15) is 0 Å². The molecule has 0 bridgehead atoms. The monoisotopic (exact) mass is 261 g/mol. The number of carbonyl (C=O) groups excluding carboxylic acids is 1. The molecule has 2 atom stereocenters. The maximum atomic E-state index is 13.0. The highest BCUT2D eigenvalue weighted by Crippen LogP contribution is 2.42. The molecule has 1 fully saturated rings. The van der Waals surface area contributed by atoms with Crippen molar-refractivity contribution < 1.29 is 9.18 Å². The molecule has 0 saturated heterocycles. The highest BCUT2D eigenvalue weighted by Gasteiger charge is 2.40. The Hall–Kier alpha value is -1.68. The molecule has 2 unspecified atom stereocenters. The van der Waals surface area contributed by atoms with Gasteiger partial charge in [0.2, 0.25) is 0 Å². The molecule has 2 nitrogen and oxygen atoms in total.